The molecule has 0 aromatic rings. The van der Waals surface area contributed by atoms with E-state index in [0.717, 1.165) is 17.8 Å². The molecule has 0 spiro atoms. The van der Waals surface area contributed by atoms with E-state index in [2.05, 4.69) is 45.9 Å². The van der Waals surface area contributed by atoms with Crippen molar-refractivity contribution in [1.82, 2.24) is 0 Å². The van der Waals surface area contributed by atoms with Gasteiger partial charge < -0.3 is 0 Å². The third-order valence-electron chi connectivity index (χ3n) is 3.83. The summed E-state index contributed by atoms with van der Waals surface area (Å²) in [5, 5.41) is 0. The lowest BCUT2D eigenvalue weighted by Crippen LogP contribution is -2.12. The molecule has 1 aliphatic rings. The van der Waals surface area contributed by atoms with Crippen LogP contribution in [0, 0.1) is 17.8 Å². The minimum absolute atomic E-state index is 0.796. The van der Waals surface area contributed by atoms with Gasteiger partial charge in [0.05, 0.1) is 0 Å². The third kappa shape index (κ3) is 4.15. The van der Waals surface area contributed by atoms with Crippen molar-refractivity contribution in [3.63, 3.8) is 0 Å². The van der Waals surface area contributed by atoms with Crippen molar-refractivity contribution in [2.45, 2.75) is 59.8 Å². The van der Waals surface area contributed by atoms with E-state index in [1.807, 2.05) is 0 Å². The normalized spacial score (nSPS) is 31.5. The molecule has 0 aliphatic heterocycles. The van der Waals surface area contributed by atoms with E-state index in [1.165, 1.54) is 32.1 Å². The average molecular weight is 220 g/mol. The van der Waals surface area contributed by atoms with Crippen LogP contribution in [0.4, 0.5) is 0 Å². The molecule has 0 heterocycles. The van der Waals surface area contributed by atoms with E-state index in [1.54, 1.807) is 5.57 Å². The Balaban J connectivity index is 2.83. The molecule has 16 heavy (non-hydrogen) atoms. The molecule has 0 bridgehead atoms. The summed E-state index contributed by atoms with van der Waals surface area (Å²) in [4.78, 5) is 0. The van der Waals surface area contributed by atoms with E-state index in [-0.39, 0.29) is 0 Å². The molecular weight excluding hydrogens is 192 g/mol. The number of hydrogen-bond acceptors (Lipinski definition) is 0. The van der Waals surface area contributed by atoms with Crippen molar-refractivity contribution < 1.29 is 0 Å². The number of hydrogen-bond donors (Lipinski definition) is 0. The van der Waals surface area contributed by atoms with Crippen molar-refractivity contribution in [3.8, 4) is 0 Å². The van der Waals surface area contributed by atoms with Crippen molar-refractivity contribution in [3.05, 3.63) is 23.8 Å². The van der Waals surface area contributed by atoms with Gasteiger partial charge in [0.2, 0.25) is 0 Å². The minimum atomic E-state index is 0.796. The van der Waals surface area contributed by atoms with Crippen LogP contribution in [0.15, 0.2) is 23.8 Å². The molecule has 3 atom stereocenters. The van der Waals surface area contributed by atoms with E-state index in [0.29, 0.717) is 0 Å². The van der Waals surface area contributed by atoms with Gasteiger partial charge in [-0.2, -0.15) is 0 Å². The monoisotopic (exact) mass is 220 g/mol. The summed E-state index contributed by atoms with van der Waals surface area (Å²) >= 11 is 0. The van der Waals surface area contributed by atoms with E-state index in [4.69, 9.17) is 0 Å². The number of allylic oxidation sites excluding steroid dienone is 4. The van der Waals surface area contributed by atoms with Crippen LogP contribution in [0.1, 0.15) is 59.8 Å². The fourth-order valence-corrected chi connectivity index (χ4v) is 2.79. The second-order valence-electron chi connectivity index (χ2n) is 5.50. The minimum Gasteiger partial charge on any atom is -0.0840 e. The Bertz CT molecular complexity index is 247. The molecule has 0 aromatic heterocycles. The second-order valence-corrected chi connectivity index (χ2v) is 5.50. The Kier molecular flexibility index (Phi) is 5.87. The van der Waals surface area contributed by atoms with E-state index in [9.17, 15) is 0 Å². The Labute approximate surface area is 102 Å². The molecule has 92 valence electrons. The molecule has 0 amide bonds. The standard InChI is InChI=1S/C16H28/c1-5-8-16-12-15(6-2)10-7-9-13(3)11-14(16)4/h7,10,12-14,16H,5-6,8-9,11H2,1-4H3. The molecule has 3 unspecified atom stereocenters. The highest BCUT2D eigenvalue weighted by Gasteiger charge is 2.18. The van der Waals surface area contributed by atoms with Gasteiger partial charge >= 0.3 is 0 Å². The first-order valence-corrected chi connectivity index (χ1v) is 7.04. The third-order valence-corrected chi connectivity index (χ3v) is 3.83. The van der Waals surface area contributed by atoms with Crippen molar-refractivity contribution in [1.29, 1.82) is 0 Å². The van der Waals surface area contributed by atoms with Crippen LogP contribution in [0.25, 0.3) is 0 Å². The molecule has 0 radical (unpaired) electrons. The van der Waals surface area contributed by atoms with Gasteiger partial charge in [0.25, 0.3) is 0 Å². The molecule has 1 aliphatic carbocycles. The Morgan fingerprint density at radius 3 is 2.62 bits per heavy atom. The fourth-order valence-electron chi connectivity index (χ4n) is 2.79. The van der Waals surface area contributed by atoms with Crippen LogP contribution in [-0.2, 0) is 0 Å². The first-order valence-electron chi connectivity index (χ1n) is 7.04. The molecule has 0 N–H and O–H groups in total. The summed E-state index contributed by atoms with van der Waals surface area (Å²) in [5.41, 5.74) is 1.54. The first kappa shape index (κ1) is 13.5. The average Bonchev–Trinajstić information content (AvgIpc) is 2.31. The van der Waals surface area contributed by atoms with Gasteiger partial charge in [-0.05, 0) is 43.4 Å². The van der Waals surface area contributed by atoms with Gasteiger partial charge in [0.15, 0.2) is 0 Å². The maximum atomic E-state index is 2.54. The highest BCUT2D eigenvalue weighted by atomic mass is 14.2. The Hall–Kier alpha value is -0.520. The van der Waals surface area contributed by atoms with Gasteiger partial charge in [-0.1, -0.05) is 57.9 Å². The SMILES string of the molecule is CCCC1C=C(CC)C=CCC(C)CC1C. The number of rotatable bonds is 3. The van der Waals surface area contributed by atoms with Gasteiger partial charge in [-0.3, -0.25) is 0 Å². The van der Waals surface area contributed by atoms with Crippen molar-refractivity contribution >= 4 is 0 Å². The lowest BCUT2D eigenvalue weighted by Gasteiger charge is -2.23. The highest BCUT2D eigenvalue weighted by molar-refractivity contribution is 5.20. The maximum absolute atomic E-state index is 2.54. The summed E-state index contributed by atoms with van der Waals surface area (Å²) in [6, 6.07) is 0. The molecule has 0 nitrogen and oxygen atoms in total. The fraction of sp³-hybridized carbons (Fsp3) is 0.750. The predicted octanol–water partition coefficient (Wildman–Crippen LogP) is 5.36. The van der Waals surface area contributed by atoms with Crippen LogP contribution in [0.2, 0.25) is 0 Å². The Morgan fingerprint density at radius 1 is 1.25 bits per heavy atom. The molecule has 0 saturated carbocycles. The topological polar surface area (TPSA) is 0 Å². The zero-order valence-electron chi connectivity index (χ0n) is 11.5. The first-order chi connectivity index (χ1) is 7.67. The van der Waals surface area contributed by atoms with Crippen molar-refractivity contribution in [2.24, 2.45) is 17.8 Å². The van der Waals surface area contributed by atoms with Crippen LogP contribution >= 0.6 is 0 Å². The zero-order valence-corrected chi connectivity index (χ0v) is 11.5. The lowest BCUT2D eigenvalue weighted by atomic mass is 9.82. The van der Waals surface area contributed by atoms with Crippen LogP contribution in [-0.4, -0.2) is 0 Å². The van der Waals surface area contributed by atoms with Crippen LogP contribution in [0.3, 0.4) is 0 Å². The van der Waals surface area contributed by atoms with Gasteiger partial charge in [-0.25, -0.2) is 0 Å². The molecule has 0 fully saturated rings. The van der Waals surface area contributed by atoms with Gasteiger partial charge in [-0.15, -0.1) is 0 Å². The summed E-state index contributed by atoms with van der Waals surface area (Å²) in [6.45, 7) is 9.40. The quantitative estimate of drug-likeness (QED) is 0.600. The Morgan fingerprint density at radius 2 is 2.00 bits per heavy atom. The molecular formula is C16H28. The molecule has 0 heteroatoms. The summed E-state index contributed by atoms with van der Waals surface area (Å²) in [6.07, 6.45) is 13.7. The zero-order chi connectivity index (χ0) is 12.0. The van der Waals surface area contributed by atoms with Crippen molar-refractivity contribution in [2.75, 3.05) is 0 Å². The summed E-state index contributed by atoms with van der Waals surface area (Å²) in [7, 11) is 0. The largest absolute Gasteiger partial charge is 0.0840 e. The lowest BCUT2D eigenvalue weighted by molar-refractivity contribution is 0.325. The van der Waals surface area contributed by atoms with E-state index >= 15 is 0 Å². The smallest absolute Gasteiger partial charge is 0.0202 e. The highest BCUT2D eigenvalue weighted by Crippen LogP contribution is 2.29. The maximum Gasteiger partial charge on any atom is -0.0202 e. The summed E-state index contributed by atoms with van der Waals surface area (Å²) < 4.78 is 0. The van der Waals surface area contributed by atoms with E-state index < -0.39 is 0 Å². The van der Waals surface area contributed by atoms with Crippen LogP contribution in [0.5, 0.6) is 0 Å². The molecule has 0 saturated heterocycles. The van der Waals surface area contributed by atoms with Crippen LogP contribution < -0.4 is 0 Å². The molecule has 0 aromatic carbocycles. The second kappa shape index (κ2) is 6.93. The summed E-state index contributed by atoms with van der Waals surface area (Å²) in [5.74, 6) is 2.48. The van der Waals surface area contributed by atoms with Gasteiger partial charge in [0.1, 0.15) is 0 Å². The molecule has 1 rings (SSSR count). The van der Waals surface area contributed by atoms with Gasteiger partial charge in [0, 0.05) is 0 Å². The predicted molar refractivity (Wildman–Crippen MR) is 73.5 cm³/mol.